The molecule has 2 aromatic heterocycles. The van der Waals surface area contributed by atoms with Gasteiger partial charge in [0.15, 0.2) is 16.7 Å². The Bertz CT molecular complexity index is 1610. The van der Waals surface area contributed by atoms with Crippen molar-refractivity contribution in [1.82, 2.24) is 9.55 Å². The van der Waals surface area contributed by atoms with Gasteiger partial charge in [-0.2, -0.15) is 0 Å². The van der Waals surface area contributed by atoms with Gasteiger partial charge in [-0.15, -0.1) is 0 Å². The molecule has 0 aliphatic rings. The van der Waals surface area contributed by atoms with E-state index in [1.165, 1.54) is 34.1 Å². The van der Waals surface area contributed by atoms with E-state index >= 15 is 0 Å². The molecule has 0 aliphatic carbocycles. The van der Waals surface area contributed by atoms with Crippen LogP contribution in [0.5, 0.6) is 17.4 Å². The van der Waals surface area contributed by atoms with Gasteiger partial charge in [-0.25, -0.2) is 4.98 Å². The lowest BCUT2D eigenvalue weighted by Crippen LogP contribution is -2.05. The van der Waals surface area contributed by atoms with E-state index in [2.05, 4.69) is 4.98 Å². The quantitative estimate of drug-likeness (QED) is 0.189. The first-order valence-electron chi connectivity index (χ1n) is 10.3. The number of nitrogens with zero attached hydrogens (tertiary/aromatic N) is 3. The zero-order valence-electron chi connectivity index (χ0n) is 18.2. The first-order valence-corrected chi connectivity index (χ1v) is 11.2. The van der Waals surface area contributed by atoms with Gasteiger partial charge in [-0.1, -0.05) is 53.8 Å². The Labute approximate surface area is 202 Å². The monoisotopic (exact) mass is 487 g/mol. The Morgan fingerprint density at radius 3 is 2.54 bits per heavy atom. The van der Waals surface area contributed by atoms with Crippen LogP contribution in [-0.4, -0.2) is 37.6 Å². The zero-order chi connectivity index (χ0) is 24.7. The molecule has 0 bridgehead atoms. The summed E-state index contributed by atoms with van der Waals surface area (Å²) >= 11 is 1.20. The van der Waals surface area contributed by atoms with Crippen LogP contribution in [0.4, 0.5) is 5.69 Å². The average molecular weight is 487 g/mol. The summed E-state index contributed by atoms with van der Waals surface area (Å²) in [6.07, 6.45) is 0. The number of fused-ring (bicyclic) bond motifs is 1. The molecule has 0 saturated carbocycles. The van der Waals surface area contributed by atoms with E-state index in [-0.39, 0.29) is 33.2 Å². The molecule has 0 aliphatic heterocycles. The Morgan fingerprint density at radius 1 is 1.06 bits per heavy atom. The summed E-state index contributed by atoms with van der Waals surface area (Å²) in [6, 6.07) is 19.2. The molecule has 9 nitrogen and oxygen atoms in total. The van der Waals surface area contributed by atoms with Crippen molar-refractivity contribution in [1.29, 1.82) is 0 Å². The van der Waals surface area contributed by atoms with E-state index in [4.69, 9.17) is 4.74 Å². The summed E-state index contributed by atoms with van der Waals surface area (Å²) in [5.41, 5.74) is 0.835. The van der Waals surface area contributed by atoms with E-state index in [0.717, 1.165) is 4.70 Å². The van der Waals surface area contributed by atoms with Gasteiger partial charge in [0, 0.05) is 23.3 Å². The van der Waals surface area contributed by atoms with Crippen LogP contribution in [0, 0.1) is 10.1 Å². The summed E-state index contributed by atoms with van der Waals surface area (Å²) < 4.78 is 7.25. The number of thiazole rings is 1. The Kier molecular flexibility index (Phi) is 5.42. The molecule has 0 spiro atoms. The standard InChI is InChI=1S/C25H17N3O6S/c1-34-17-10-11-18-19(13-17)35-25(26-18)27-21(15-8-5-9-16(12-15)28(32)33)20(23(30)24(27)31)22(29)14-6-3-2-4-7-14/h2-13,30-31H,1H3. The van der Waals surface area contributed by atoms with Crippen molar-refractivity contribution in [3.05, 3.63) is 94.0 Å². The van der Waals surface area contributed by atoms with E-state index in [9.17, 15) is 25.1 Å². The maximum Gasteiger partial charge on any atom is 0.270 e. The number of nitro benzene ring substituents is 1. The predicted octanol–water partition coefficient (Wildman–Crippen LogP) is 5.31. The van der Waals surface area contributed by atoms with Crippen LogP contribution in [0.25, 0.3) is 26.6 Å². The highest BCUT2D eigenvalue weighted by Gasteiger charge is 2.31. The number of rotatable bonds is 6. The molecule has 174 valence electrons. The fourth-order valence-corrected chi connectivity index (χ4v) is 4.84. The molecule has 35 heavy (non-hydrogen) atoms. The second kappa shape index (κ2) is 8.58. The number of aromatic hydroxyl groups is 2. The molecule has 3 aromatic carbocycles. The lowest BCUT2D eigenvalue weighted by Gasteiger charge is -2.09. The van der Waals surface area contributed by atoms with Crippen LogP contribution < -0.4 is 4.74 Å². The van der Waals surface area contributed by atoms with Crippen LogP contribution >= 0.6 is 11.3 Å². The number of non-ortho nitro benzene ring substituents is 1. The van der Waals surface area contributed by atoms with Gasteiger partial charge in [0.25, 0.3) is 5.69 Å². The highest BCUT2D eigenvalue weighted by Crippen LogP contribution is 2.45. The Morgan fingerprint density at radius 2 is 1.83 bits per heavy atom. The number of aromatic nitrogens is 2. The predicted molar refractivity (Wildman–Crippen MR) is 131 cm³/mol. The molecule has 0 amide bonds. The van der Waals surface area contributed by atoms with E-state index in [0.29, 0.717) is 11.3 Å². The molecule has 5 aromatic rings. The second-order valence-electron chi connectivity index (χ2n) is 7.56. The van der Waals surface area contributed by atoms with Crippen LogP contribution in [0.2, 0.25) is 0 Å². The van der Waals surface area contributed by atoms with Crippen LogP contribution in [0.3, 0.4) is 0 Å². The molecular weight excluding hydrogens is 470 g/mol. The normalized spacial score (nSPS) is 11.0. The molecule has 0 atom stereocenters. The summed E-state index contributed by atoms with van der Waals surface area (Å²) in [5, 5.41) is 33.6. The molecule has 2 N–H and O–H groups in total. The number of carbonyl (C=O) groups is 1. The lowest BCUT2D eigenvalue weighted by molar-refractivity contribution is -0.384. The van der Waals surface area contributed by atoms with Crippen LogP contribution in [-0.2, 0) is 0 Å². The average Bonchev–Trinajstić information content (AvgIpc) is 3.41. The summed E-state index contributed by atoms with van der Waals surface area (Å²) in [4.78, 5) is 28.9. The molecule has 0 saturated heterocycles. The molecule has 0 unspecified atom stereocenters. The Balaban J connectivity index is 1.82. The number of ether oxygens (including phenoxy) is 1. The van der Waals surface area contributed by atoms with Crippen molar-refractivity contribution in [3.63, 3.8) is 0 Å². The van der Waals surface area contributed by atoms with Gasteiger partial charge in [-0.05, 0) is 18.2 Å². The topological polar surface area (TPSA) is 128 Å². The van der Waals surface area contributed by atoms with Gasteiger partial charge in [0.2, 0.25) is 5.88 Å². The number of carbonyl (C=O) groups excluding carboxylic acids is 1. The third-order valence-corrected chi connectivity index (χ3v) is 6.49. The number of nitro groups is 1. The van der Waals surface area contributed by atoms with Gasteiger partial charge in [-0.3, -0.25) is 19.5 Å². The fraction of sp³-hybridized carbons (Fsp3) is 0.0400. The minimum Gasteiger partial charge on any atom is -0.503 e. The molecule has 2 heterocycles. The summed E-state index contributed by atoms with van der Waals surface area (Å²) in [7, 11) is 1.54. The van der Waals surface area contributed by atoms with Crippen molar-refractivity contribution >= 4 is 33.0 Å². The maximum absolute atomic E-state index is 13.5. The number of hydrogen-bond acceptors (Lipinski definition) is 8. The van der Waals surface area contributed by atoms with Gasteiger partial charge >= 0.3 is 0 Å². The van der Waals surface area contributed by atoms with E-state index < -0.39 is 22.3 Å². The number of benzene rings is 3. The number of hydrogen-bond donors (Lipinski definition) is 2. The largest absolute Gasteiger partial charge is 0.503 e. The minimum atomic E-state index is -0.641. The van der Waals surface area contributed by atoms with Gasteiger partial charge in [0.05, 0.1) is 33.5 Å². The first-order chi connectivity index (χ1) is 16.9. The maximum atomic E-state index is 13.5. The lowest BCUT2D eigenvalue weighted by atomic mass is 9.99. The molecule has 0 radical (unpaired) electrons. The molecule has 10 heteroatoms. The van der Waals surface area contributed by atoms with Crippen molar-refractivity contribution in [2.75, 3.05) is 7.11 Å². The van der Waals surface area contributed by atoms with Crippen molar-refractivity contribution in [3.8, 4) is 33.8 Å². The van der Waals surface area contributed by atoms with Crippen molar-refractivity contribution < 1.29 is 24.7 Å². The summed E-state index contributed by atoms with van der Waals surface area (Å²) in [5.74, 6) is -1.18. The fourth-order valence-electron chi connectivity index (χ4n) is 3.84. The number of methoxy groups -OCH3 is 1. The van der Waals surface area contributed by atoms with Crippen LogP contribution in [0.1, 0.15) is 15.9 Å². The highest BCUT2D eigenvalue weighted by molar-refractivity contribution is 7.20. The van der Waals surface area contributed by atoms with Crippen molar-refractivity contribution in [2.45, 2.75) is 0 Å². The zero-order valence-corrected chi connectivity index (χ0v) is 19.0. The van der Waals surface area contributed by atoms with E-state index in [1.807, 2.05) is 0 Å². The first kappa shape index (κ1) is 22.1. The minimum absolute atomic E-state index is 0.0866. The number of ketones is 1. The summed E-state index contributed by atoms with van der Waals surface area (Å²) in [6.45, 7) is 0. The molecule has 5 rings (SSSR count). The highest BCUT2D eigenvalue weighted by atomic mass is 32.1. The second-order valence-corrected chi connectivity index (χ2v) is 8.57. The third kappa shape index (κ3) is 3.75. The molecule has 0 fully saturated rings. The van der Waals surface area contributed by atoms with Gasteiger partial charge < -0.3 is 14.9 Å². The van der Waals surface area contributed by atoms with Gasteiger partial charge in [0.1, 0.15) is 5.75 Å². The van der Waals surface area contributed by atoms with E-state index in [1.54, 1.807) is 61.7 Å². The van der Waals surface area contributed by atoms with Crippen molar-refractivity contribution in [2.24, 2.45) is 0 Å². The van der Waals surface area contributed by atoms with Crippen LogP contribution in [0.15, 0.2) is 72.8 Å². The smallest absolute Gasteiger partial charge is 0.270 e. The third-order valence-electron chi connectivity index (χ3n) is 5.49. The molecular formula is C25H17N3O6S. The Hall–Kier alpha value is -4.70. The SMILES string of the molecule is COc1ccc2nc(-n3c(O)c(O)c(C(=O)c4ccccc4)c3-c3cccc([N+](=O)[O-])c3)sc2c1.